The summed E-state index contributed by atoms with van der Waals surface area (Å²) in [5.74, 6) is 0.00140. The van der Waals surface area contributed by atoms with E-state index in [1.165, 1.54) is 6.42 Å². The molecular formula is C19H35N5O. The van der Waals surface area contributed by atoms with Crippen molar-refractivity contribution in [1.29, 1.82) is 0 Å². The average Bonchev–Trinajstić information content (AvgIpc) is 2.66. The van der Waals surface area contributed by atoms with E-state index in [1.807, 2.05) is 4.90 Å². The zero-order chi connectivity index (χ0) is 18.1. The third kappa shape index (κ3) is 5.82. The van der Waals surface area contributed by atoms with E-state index in [0.717, 1.165) is 82.4 Å². The number of nitrogens with zero attached hydrogens (tertiary/aromatic N) is 2. The van der Waals surface area contributed by atoms with E-state index in [0.29, 0.717) is 18.3 Å². The van der Waals surface area contributed by atoms with E-state index in [1.54, 1.807) is 0 Å². The van der Waals surface area contributed by atoms with Crippen molar-refractivity contribution in [2.75, 3.05) is 32.7 Å². The number of amides is 1. The van der Waals surface area contributed by atoms with Crippen molar-refractivity contribution in [2.45, 2.75) is 64.3 Å². The summed E-state index contributed by atoms with van der Waals surface area (Å²) >= 11 is 0. The Morgan fingerprint density at radius 3 is 2.76 bits per heavy atom. The second-order valence-corrected chi connectivity index (χ2v) is 7.11. The lowest BCUT2D eigenvalue weighted by molar-refractivity contribution is -0.128. The van der Waals surface area contributed by atoms with Gasteiger partial charge in [0.2, 0.25) is 0 Å². The fourth-order valence-corrected chi connectivity index (χ4v) is 3.59. The lowest BCUT2D eigenvalue weighted by atomic mass is 9.87. The van der Waals surface area contributed by atoms with Crippen molar-refractivity contribution in [3.8, 4) is 0 Å². The molecule has 1 saturated carbocycles. The van der Waals surface area contributed by atoms with Gasteiger partial charge in [0, 0.05) is 37.0 Å². The van der Waals surface area contributed by atoms with Gasteiger partial charge in [-0.15, -0.1) is 0 Å². The van der Waals surface area contributed by atoms with Crippen LogP contribution in [0.5, 0.6) is 0 Å². The van der Waals surface area contributed by atoms with Crippen LogP contribution in [0.2, 0.25) is 0 Å². The minimum Gasteiger partial charge on any atom is -0.394 e. The number of nitrogens with one attached hydrogen (secondary N) is 1. The molecule has 2 aliphatic rings. The maximum absolute atomic E-state index is 12.8. The molecule has 142 valence electrons. The van der Waals surface area contributed by atoms with Crippen LogP contribution >= 0.6 is 0 Å². The Balaban J connectivity index is 2.14. The summed E-state index contributed by atoms with van der Waals surface area (Å²) in [6.45, 7) is 6.18. The SMILES string of the molecule is CCCN=C1CCC(NCCCN)CC1=C(N)C(=O)N1CCCCC1. The average molecular weight is 350 g/mol. The second-order valence-electron chi connectivity index (χ2n) is 7.11. The molecule has 2 fully saturated rings. The van der Waals surface area contributed by atoms with Gasteiger partial charge in [-0.1, -0.05) is 6.92 Å². The van der Waals surface area contributed by atoms with Gasteiger partial charge in [-0.3, -0.25) is 9.79 Å². The van der Waals surface area contributed by atoms with Gasteiger partial charge in [0.05, 0.1) is 0 Å². The maximum Gasteiger partial charge on any atom is 0.270 e. The molecule has 2 rings (SSSR count). The fraction of sp³-hybridized carbons (Fsp3) is 0.789. The number of hydrogen-bond donors (Lipinski definition) is 3. The van der Waals surface area contributed by atoms with Crippen molar-refractivity contribution in [2.24, 2.45) is 16.5 Å². The number of likely N-dealkylation sites (tertiary alicyclic amines) is 1. The zero-order valence-corrected chi connectivity index (χ0v) is 15.7. The molecule has 0 aromatic heterocycles. The standard InChI is InChI=1S/C19H35N5O/c1-2-10-23-17-8-7-15(22-11-6-9-20)14-16(17)18(21)19(25)24-12-4-3-5-13-24/h15,22H,2-14,20-21H2,1H3. The molecule has 1 aliphatic heterocycles. The van der Waals surface area contributed by atoms with Gasteiger partial charge >= 0.3 is 0 Å². The van der Waals surface area contributed by atoms with Crippen LogP contribution in [0.4, 0.5) is 0 Å². The van der Waals surface area contributed by atoms with Gasteiger partial charge in [0.15, 0.2) is 0 Å². The highest BCUT2D eigenvalue weighted by atomic mass is 16.2. The number of aliphatic imine (C=N–C) groups is 1. The Morgan fingerprint density at radius 2 is 2.08 bits per heavy atom. The molecule has 5 N–H and O–H groups in total. The highest BCUT2D eigenvalue weighted by molar-refractivity contribution is 6.08. The van der Waals surface area contributed by atoms with Crippen molar-refractivity contribution in [3.63, 3.8) is 0 Å². The zero-order valence-electron chi connectivity index (χ0n) is 15.7. The first-order valence-corrected chi connectivity index (χ1v) is 9.92. The van der Waals surface area contributed by atoms with Crippen molar-refractivity contribution >= 4 is 11.6 Å². The molecule has 25 heavy (non-hydrogen) atoms. The Kier molecular flexibility index (Phi) is 8.41. The van der Waals surface area contributed by atoms with Crippen LogP contribution in [0.3, 0.4) is 0 Å². The van der Waals surface area contributed by atoms with E-state index in [2.05, 4.69) is 12.2 Å². The second kappa shape index (κ2) is 10.6. The monoisotopic (exact) mass is 349 g/mol. The van der Waals surface area contributed by atoms with E-state index < -0.39 is 0 Å². The predicted molar refractivity (Wildman–Crippen MR) is 104 cm³/mol. The van der Waals surface area contributed by atoms with Gasteiger partial charge in [-0.05, 0) is 64.5 Å². The smallest absolute Gasteiger partial charge is 0.270 e. The Labute approximate surface area is 152 Å². The van der Waals surface area contributed by atoms with Crippen LogP contribution in [0.15, 0.2) is 16.3 Å². The lowest BCUT2D eigenvalue weighted by Crippen LogP contribution is -2.41. The first-order valence-electron chi connectivity index (χ1n) is 9.92. The molecule has 0 aromatic carbocycles. The van der Waals surface area contributed by atoms with Crippen LogP contribution in [-0.4, -0.2) is 55.3 Å². The van der Waals surface area contributed by atoms with Gasteiger partial charge in [0.1, 0.15) is 5.70 Å². The summed E-state index contributed by atoms with van der Waals surface area (Å²) in [4.78, 5) is 19.5. The molecule has 0 radical (unpaired) electrons. The van der Waals surface area contributed by atoms with Crippen LogP contribution in [-0.2, 0) is 4.79 Å². The highest BCUT2D eigenvalue weighted by Gasteiger charge is 2.28. The first-order chi connectivity index (χ1) is 12.2. The summed E-state index contributed by atoms with van der Waals surface area (Å²) in [6, 6.07) is 0.356. The van der Waals surface area contributed by atoms with Crippen LogP contribution in [0.1, 0.15) is 58.3 Å². The minimum atomic E-state index is 0.00140. The van der Waals surface area contributed by atoms with Gasteiger partial charge in [-0.25, -0.2) is 0 Å². The number of rotatable bonds is 7. The third-order valence-electron chi connectivity index (χ3n) is 5.07. The predicted octanol–water partition coefficient (Wildman–Crippen LogP) is 1.55. The molecule has 1 amide bonds. The molecule has 6 heteroatoms. The molecule has 1 saturated heterocycles. The molecule has 1 unspecified atom stereocenters. The van der Waals surface area contributed by atoms with Crippen molar-refractivity contribution < 1.29 is 4.79 Å². The molecule has 1 heterocycles. The van der Waals surface area contributed by atoms with E-state index in [-0.39, 0.29) is 5.91 Å². The number of carbonyl (C=O) groups excluding carboxylic acids is 1. The molecule has 6 nitrogen and oxygen atoms in total. The maximum atomic E-state index is 12.8. The molecule has 0 aromatic rings. The van der Waals surface area contributed by atoms with E-state index >= 15 is 0 Å². The molecule has 0 spiro atoms. The highest BCUT2D eigenvalue weighted by Crippen LogP contribution is 2.25. The quantitative estimate of drug-likeness (QED) is 0.480. The van der Waals surface area contributed by atoms with Crippen molar-refractivity contribution in [3.05, 3.63) is 11.3 Å². The van der Waals surface area contributed by atoms with Crippen LogP contribution < -0.4 is 16.8 Å². The summed E-state index contributed by atoms with van der Waals surface area (Å²) in [7, 11) is 0. The van der Waals surface area contributed by atoms with Gasteiger partial charge < -0.3 is 21.7 Å². The first kappa shape index (κ1) is 19.9. The Bertz CT molecular complexity index is 494. The van der Waals surface area contributed by atoms with Gasteiger partial charge in [-0.2, -0.15) is 0 Å². The van der Waals surface area contributed by atoms with E-state index in [4.69, 9.17) is 16.5 Å². The Morgan fingerprint density at radius 1 is 1.32 bits per heavy atom. The van der Waals surface area contributed by atoms with Crippen molar-refractivity contribution in [1.82, 2.24) is 10.2 Å². The number of hydrogen-bond acceptors (Lipinski definition) is 5. The number of piperidine rings is 1. The molecule has 1 atom stereocenters. The third-order valence-corrected chi connectivity index (χ3v) is 5.07. The summed E-state index contributed by atoms with van der Waals surface area (Å²) in [6.07, 6.45) is 8.06. The van der Waals surface area contributed by atoms with Crippen LogP contribution in [0.25, 0.3) is 0 Å². The van der Waals surface area contributed by atoms with Gasteiger partial charge in [0.25, 0.3) is 5.91 Å². The molecule has 1 aliphatic carbocycles. The normalized spacial score (nSPS) is 25.3. The molecular weight excluding hydrogens is 314 g/mol. The summed E-state index contributed by atoms with van der Waals surface area (Å²) in [5, 5.41) is 3.55. The fourth-order valence-electron chi connectivity index (χ4n) is 3.59. The minimum absolute atomic E-state index is 0.00140. The summed E-state index contributed by atoms with van der Waals surface area (Å²) < 4.78 is 0. The van der Waals surface area contributed by atoms with Crippen LogP contribution in [0, 0.1) is 0 Å². The number of carbonyl (C=O) groups is 1. The lowest BCUT2D eigenvalue weighted by Gasteiger charge is -2.31. The summed E-state index contributed by atoms with van der Waals surface area (Å²) in [5.41, 5.74) is 14.4. The molecule has 0 bridgehead atoms. The van der Waals surface area contributed by atoms with E-state index in [9.17, 15) is 4.79 Å². The Hall–Kier alpha value is -1.40. The number of nitrogens with two attached hydrogens (primary N) is 2. The topological polar surface area (TPSA) is 96.7 Å². The largest absolute Gasteiger partial charge is 0.394 e.